The van der Waals surface area contributed by atoms with Gasteiger partial charge in [-0.3, -0.25) is 9.10 Å². The number of rotatable bonds is 8. The van der Waals surface area contributed by atoms with Crippen LogP contribution in [0.5, 0.6) is 0 Å². The second kappa shape index (κ2) is 9.04. The fourth-order valence-corrected chi connectivity index (χ4v) is 3.20. The Bertz CT molecular complexity index is 875. The monoisotopic (exact) mass is 388 g/mol. The summed E-state index contributed by atoms with van der Waals surface area (Å²) in [6.45, 7) is 4.91. The van der Waals surface area contributed by atoms with Crippen LogP contribution in [0.4, 0.5) is 5.69 Å². The first kappa shape index (κ1) is 21.0. The Balaban J connectivity index is 1.87. The zero-order chi connectivity index (χ0) is 20.0. The molecule has 2 rings (SSSR count). The molecule has 0 fully saturated rings. The predicted octanol–water partition coefficient (Wildman–Crippen LogP) is 3.57. The summed E-state index contributed by atoms with van der Waals surface area (Å²) in [4.78, 5) is 12.3. The van der Waals surface area contributed by atoms with E-state index in [0.29, 0.717) is 23.7 Å². The van der Waals surface area contributed by atoms with E-state index in [9.17, 15) is 13.2 Å². The quantitative estimate of drug-likeness (QED) is 0.703. The number of nitrogens with zero attached hydrogens (tertiary/aromatic N) is 1. The molecule has 0 radical (unpaired) electrons. The molecule has 1 N–H and O–H groups in total. The lowest BCUT2D eigenvalue weighted by Gasteiger charge is -2.17. The summed E-state index contributed by atoms with van der Waals surface area (Å²) >= 11 is 0. The fraction of sp³-hybridized carbons (Fsp3) is 0.381. The van der Waals surface area contributed by atoms with Crippen LogP contribution in [0.2, 0.25) is 0 Å². The van der Waals surface area contributed by atoms with Gasteiger partial charge in [0.25, 0.3) is 5.91 Å². The summed E-state index contributed by atoms with van der Waals surface area (Å²) in [5.41, 5.74) is 3.50. The van der Waals surface area contributed by atoms with Gasteiger partial charge in [0.15, 0.2) is 0 Å². The summed E-state index contributed by atoms with van der Waals surface area (Å²) in [7, 11) is -1.89. The van der Waals surface area contributed by atoms with Gasteiger partial charge in [-0.05, 0) is 48.1 Å². The number of sulfonamides is 1. The molecule has 0 bridgehead atoms. The van der Waals surface area contributed by atoms with Gasteiger partial charge in [-0.2, -0.15) is 0 Å². The average Bonchev–Trinajstić information content (AvgIpc) is 2.64. The largest absolute Gasteiger partial charge is 0.352 e. The van der Waals surface area contributed by atoms with Crippen molar-refractivity contribution in [1.82, 2.24) is 5.32 Å². The van der Waals surface area contributed by atoms with Crippen LogP contribution in [0, 0.1) is 0 Å². The average molecular weight is 389 g/mol. The van der Waals surface area contributed by atoms with E-state index in [1.807, 2.05) is 0 Å². The molecule has 0 unspecified atom stereocenters. The highest BCUT2D eigenvalue weighted by molar-refractivity contribution is 7.92. The highest BCUT2D eigenvalue weighted by Gasteiger charge is 2.14. The molecule has 2 aromatic rings. The molecule has 0 aliphatic rings. The molecule has 27 heavy (non-hydrogen) atoms. The number of amides is 1. The molecular weight excluding hydrogens is 360 g/mol. The Kier molecular flexibility index (Phi) is 7.02. The number of carbonyl (C=O) groups excluding carboxylic acids is 1. The maximum atomic E-state index is 12.3. The van der Waals surface area contributed by atoms with Gasteiger partial charge in [0.1, 0.15) is 0 Å². The van der Waals surface area contributed by atoms with Crippen molar-refractivity contribution in [2.45, 2.75) is 32.6 Å². The van der Waals surface area contributed by atoms with Crippen molar-refractivity contribution >= 4 is 21.6 Å². The van der Waals surface area contributed by atoms with Gasteiger partial charge in [0.05, 0.1) is 11.9 Å². The minimum Gasteiger partial charge on any atom is -0.352 e. The van der Waals surface area contributed by atoms with Gasteiger partial charge in [-0.15, -0.1) is 0 Å². The van der Waals surface area contributed by atoms with Crippen LogP contribution in [0.15, 0.2) is 48.5 Å². The summed E-state index contributed by atoms with van der Waals surface area (Å²) < 4.78 is 24.4. The third kappa shape index (κ3) is 6.10. The van der Waals surface area contributed by atoms with Crippen molar-refractivity contribution in [3.8, 4) is 0 Å². The SMILES string of the molecule is CC(C)c1ccc(CCCNC(=O)c2cccc(N(C)S(C)(=O)=O)c2)cc1. The van der Waals surface area contributed by atoms with Crippen molar-refractivity contribution in [2.75, 3.05) is 24.2 Å². The standard InChI is InChI=1S/C21H28N2O3S/c1-16(2)18-12-10-17(11-13-18)7-6-14-22-21(24)19-8-5-9-20(15-19)23(3)27(4,25)26/h5,8-13,15-16H,6-7,14H2,1-4H3,(H,22,24). The van der Waals surface area contributed by atoms with Gasteiger partial charge in [0, 0.05) is 19.2 Å². The van der Waals surface area contributed by atoms with Crippen LogP contribution in [0.3, 0.4) is 0 Å². The molecule has 0 aliphatic carbocycles. The predicted molar refractivity (Wildman–Crippen MR) is 111 cm³/mol. The van der Waals surface area contributed by atoms with Crippen molar-refractivity contribution in [3.05, 3.63) is 65.2 Å². The lowest BCUT2D eigenvalue weighted by Crippen LogP contribution is -2.27. The smallest absolute Gasteiger partial charge is 0.251 e. The first-order valence-corrected chi connectivity index (χ1v) is 10.9. The molecule has 0 heterocycles. The van der Waals surface area contributed by atoms with Gasteiger partial charge in [-0.25, -0.2) is 8.42 Å². The Hall–Kier alpha value is -2.34. The number of hydrogen-bond donors (Lipinski definition) is 1. The second-order valence-electron chi connectivity index (χ2n) is 7.04. The van der Waals surface area contributed by atoms with Gasteiger partial charge >= 0.3 is 0 Å². The zero-order valence-electron chi connectivity index (χ0n) is 16.4. The van der Waals surface area contributed by atoms with Crippen molar-refractivity contribution in [2.24, 2.45) is 0 Å². The first-order valence-electron chi connectivity index (χ1n) is 9.09. The fourth-order valence-electron chi connectivity index (χ4n) is 2.70. The van der Waals surface area contributed by atoms with E-state index >= 15 is 0 Å². The van der Waals surface area contributed by atoms with E-state index in [0.717, 1.165) is 23.4 Å². The normalized spacial score (nSPS) is 11.4. The number of aryl methyl sites for hydroxylation is 1. The van der Waals surface area contributed by atoms with Gasteiger partial charge in [0.2, 0.25) is 10.0 Å². The lowest BCUT2D eigenvalue weighted by molar-refractivity contribution is 0.0953. The molecule has 0 atom stereocenters. The van der Waals surface area contributed by atoms with Crippen molar-refractivity contribution < 1.29 is 13.2 Å². The Morgan fingerprint density at radius 2 is 1.78 bits per heavy atom. The molecule has 0 spiro atoms. The van der Waals surface area contributed by atoms with E-state index in [2.05, 4.69) is 43.4 Å². The second-order valence-corrected chi connectivity index (χ2v) is 9.05. The maximum absolute atomic E-state index is 12.3. The Labute approximate surface area is 162 Å². The number of anilines is 1. The van der Waals surface area contributed by atoms with E-state index in [1.165, 1.54) is 18.2 Å². The summed E-state index contributed by atoms with van der Waals surface area (Å²) in [6, 6.07) is 15.2. The summed E-state index contributed by atoms with van der Waals surface area (Å²) in [6.07, 6.45) is 2.87. The highest BCUT2D eigenvalue weighted by Crippen LogP contribution is 2.17. The van der Waals surface area contributed by atoms with Crippen LogP contribution >= 0.6 is 0 Å². The molecule has 6 heteroatoms. The van der Waals surface area contributed by atoms with Crippen molar-refractivity contribution in [1.29, 1.82) is 0 Å². The molecule has 2 aromatic carbocycles. The Morgan fingerprint density at radius 3 is 2.37 bits per heavy atom. The summed E-state index contributed by atoms with van der Waals surface area (Å²) in [5.74, 6) is 0.324. The number of carbonyl (C=O) groups is 1. The van der Waals surface area contributed by atoms with Crippen LogP contribution in [-0.4, -0.2) is 34.2 Å². The molecule has 0 aliphatic heterocycles. The van der Waals surface area contributed by atoms with Crippen LogP contribution in [0.1, 0.15) is 47.7 Å². The molecule has 5 nitrogen and oxygen atoms in total. The minimum absolute atomic E-state index is 0.200. The van der Waals surface area contributed by atoms with Gasteiger partial charge in [-0.1, -0.05) is 44.2 Å². The van der Waals surface area contributed by atoms with Crippen molar-refractivity contribution in [3.63, 3.8) is 0 Å². The molecule has 0 saturated carbocycles. The van der Waals surface area contributed by atoms with E-state index in [-0.39, 0.29) is 5.91 Å². The first-order chi connectivity index (χ1) is 12.7. The summed E-state index contributed by atoms with van der Waals surface area (Å²) in [5, 5.41) is 2.90. The van der Waals surface area contributed by atoms with E-state index in [4.69, 9.17) is 0 Å². The number of hydrogen-bond acceptors (Lipinski definition) is 3. The van der Waals surface area contributed by atoms with E-state index < -0.39 is 10.0 Å². The van der Waals surface area contributed by atoms with Crippen LogP contribution in [-0.2, 0) is 16.4 Å². The van der Waals surface area contributed by atoms with Gasteiger partial charge < -0.3 is 5.32 Å². The molecular formula is C21H28N2O3S. The number of benzene rings is 2. The highest BCUT2D eigenvalue weighted by atomic mass is 32.2. The van der Waals surface area contributed by atoms with Crippen LogP contribution < -0.4 is 9.62 Å². The zero-order valence-corrected chi connectivity index (χ0v) is 17.2. The van der Waals surface area contributed by atoms with E-state index in [1.54, 1.807) is 24.3 Å². The molecule has 146 valence electrons. The maximum Gasteiger partial charge on any atom is 0.251 e. The van der Waals surface area contributed by atoms with Crippen LogP contribution in [0.25, 0.3) is 0 Å². The third-order valence-corrected chi connectivity index (χ3v) is 5.75. The Morgan fingerprint density at radius 1 is 1.11 bits per heavy atom. The minimum atomic E-state index is -3.36. The molecule has 0 aromatic heterocycles. The molecule has 1 amide bonds. The topological polar surface area (TPSA) is 66.5 Å². The molecule has 0 saturated heterocycles. The lowest BCUT2D eigenvalue weighted by atomic mass is 10.0. The third-order valence-electron chi connectivity index (χ3n) is 4.54. The number of nitrogens with one attached hydrogen (secondary N) is 1.